The first-order valence-electron chi connectivity index (χ1n) is 16.4. The number of rotatable bonds is 28. The Morgan fingerprint density at radius 1 is 0.382 bits per heavy atom. The van der Waals surface area contributed by atoms with Gasteiger partial charge in [0.25, 0.3) is 0 Å². The molecular weight excluding hydrogens is 427 g/mol. The Labute approximate surface area is 221 Å². The Morgan fingerprint density at radius 2 is 0.647 bits per heavy atom. The van der Waals surface area contributed by atoms with Crippen molar-refractivity contribution in [3.63, 3.8) is 0 Å². The summed E-state index contributed by atoms with van der Waals surface area (Å²) in [5.41, 5.74) is 0. The fraction of sp³-hybridized carbons (Fsp3) is 1.00. The van der Waals surface area contributed by atoms with Crippen LogP contribution in [0, 0.1) is 5.92 Å². The molecule has 2 unspecified atom stereocenters. The normalized spacial score (nSPS) is 13.0. The smallest absolute Gasteiger partial charge is 0.0122 e. The van der Waals surface area contributed by atoms with Crippen LogP contribution < -0.4 is 0 Å². The van der Waals surface area contributed by atoms with Gasteiger partial charge in [-0.05, 0) is 36.8 Å². The molecule has 0 aromatic rings. The molecule has 0 N–H and O–H groups in total. The highest BCUT2D eigenvalue weighted by Crippen LogP contribution is 2.44. The van der Waals surface area contributed by atoms with Gasteiger partial charge in [-0.1, -0.05) is 175 Å². The third kappa shape index (κ3) is 20.6. The van der Waals surface area contributed by atoms with Crippen molar-refractivity contribution in [3.8, 4) is 0 Å². The zero-order valence-electron chi connectivity index (χ0n) is 24.7. The van der Waals surface area contributed by atoms with Gasteiger partial charge in [0.05, 0.1) is 0 Å². The van der Waals surface area contributed by atoms with Crippen LogP contribution in [0.25, 0.3) is 0 Å². The summed E-state index contributed by atoms with van der Waals surface area (Å²) in [6.45, 7) is 9.36. The van der Waals surface area contributed by atoms with E-state index in [0.717, 1.165) is 5.92 Å². The topological polar surface area (TPSA) is 0 Å². The molecule has 0 heterocycles. The monoisotopic (exact) mass is 497 g/mol. The summed E-state index contributed by atoms with van der Waals surface area (Å²) in [5.74, 6) is 0.941. The van der Waals surface area contributed by atoms with E-state index in [4.69, 9.17) is 0 Å². The predicted molar refractivity (Wildman–Crippen MR) is 163 cm³/mol. The molecule has 0 saturated carbocycles. The molecule has 206 valence electrons. The zero-order chi connectivity index (χ0) is 25.2. The van der Waals surface area contributed by atoms with Crippen LogP contribution in [0.3, 0.4) is 0 Å². The predicted octanol–water partition coefficient (Wildman–Crippen LogP) is 12.8. The van der Waals surface area contributed by atoms with E-state index in [-0.39, 0.29) is 0 Å². The number of unbranched alkanes of at least 4 members (excludes halogenated alkanes) is 19. The molecular formula is C33H69P. The van der Waals surface area contributed by atoms with Gasteiger partial charge in [-0.3, -0.25) is 0 Å². The van der Waals surface area contributed by atoms with Crippen molar-refractivity contribution >= 4 is 9.24 Å². The van der Waals surface area contributed by atoms with Crippen LogP contribution in [-0.4, -0.2) is 5.16 Å². The molecule has 0 aliphatic carbocycles. The van der Waals surface area contributed by atoms with E-state index >= 15 is 0 Å². The minimum Gasteiger partial charge on any atom is -0.131 e. The molecule has 34 heavy (non-hydrogen) atoms. The van der Waals surface area contributed by atoms with E-state index in [0.29, 0.717) is 5.16 Å². The molecule has 0 nitrogen and oxygen atoms in total. The first kappa shape index (κ1) is 34.4. The van der Waals surface area contributed by atoms with E-state index in [2.05, 4.69) is 36.9 Å². The minimum atomic E-state index is 0.520. The van der Waals surface area contributed by atoms with Crippen LogP contribution in [0.5, 0.6) is 0 Å². The Balaban J connectivity index is 4.56. The van der Waals surface area contributed by atoms with Crippen LogP contribution in [0.4, 0.5) is 0 Å². The average Bonchev–Trinajstić information content (AvgIpc) is 2.84. The lowest BCUT2D eigenvalue weighted by Gasteiger charge is -2.39. The lowest BCUT2D eigenvalue weighted by atomic mass is 9.77. The van der Waals surface area contributed by atoms with Gasteiger partial charge in [-0.2, -0.15) is 0 Å². The van der Waals surface area contributed by atoms with Crippen molar-refractivity contribution in [3.05, 3.63) is 0 Å². The maximum absolute atomic E-state index is 3.49. The SMILES string of the molecule is CCCCCCCCCCCCCC(CCCCCC)C(P)(CCCCCC)CCCCCC. The van der Waals surface area contributed by atoms with Crippen molar-refractivity contribution in [2.24, 2.45) is 5.92 Å². The molecule has 0 aromatic carbocycles. The molecule has 0 rings (SSSR count). The van der Waals surface area contributed by atoms with E-state index in [9.17, 15) is 0 Å². The van der Waals surface area contributed by atoms with Gasteiger partial charge >= 0.3 is 0 Å². The van der Waals surface area contributed by atoms with Crippen LogP contribution in [0.15, 0.2) is 0 Å². The highest BCUT2D eigenvalue weighted by atomic mass is 31.0. The number of hydrogen-bond donors (Lipinski definition) is 0. The molecule has 0 radical (unpaired) electrons. The molecule has 0 aliphatic heterocycles. The van der Waals surface area contributed by atoms with E-state index in [1.165, 1.54) is 173 Å². The second-order valence-electron chi connectivity index (χ2n) is 11.7. The lowest BCUT2D eigenvalue weighted by Crippen LogP contribution is -2.32. The van der Waals surface area contributed by atoms with Crippen molar-refractivity contribution in [2.45, 2.75) is 206 Å². The lowest BCUT2D eigenvalue weighted by molar-refractivity contribution is 0.270. The van der Waals surface area contributed by atoms with Gasteiger partial charge in [0.2, 0.25) is 0 Å². The van der Waals surface area contributed by atoms with Crippen molar-refractivity contribution in [2.75, 3.05) is 0 Å². The van der Waals surface area contributed by atoms with Gasteiger partial charge in [-0.25, -0.2) is 0 Å². The van der Waals surface area contributed by atoms with E-state index in [1.807, 2.05) is 0 Å². The van der Waals surface area contributed by atoms with Crippen molar-refractivity contribution in [1.29, 1.82) is 0 Å². The van der Waals surface area contributed by atoms with Crippen LogP contribution in [-0.2, 0) is 0 Å². The molecule has 0 aliphatic rings. The molecule has 0 bridgehead atoms. The van der Waals surface area contributed by atoms with Gasteiger partial charge < -0.3 is 0 Å². The van der Waals surface area contributed by atoms with Crippen LogP contribution in [0.1, 0.15) is 201 Å². The summed E-state index contributed by atoms with van der Waals surface area (Å²) in [4.78, 5) is 0. The molecule has 1 heteroatoms. The van der Waals surface area contributed by atoms with Crippen molar-refractivity contribution in [1.82, 2.24) is 0 Å². The minimum absolute atomic E-state index is 0.520. The second-order valence-corrected chi connectivity index (χ2v) is 12.9. The Bertz CT molecular complexity index is 365. The van der Waals surface area contributed by atoms with Gasteiger partial charge in [0, 0.05) is 0 Å². The van der Waals surface area contributed by atoms with Crippen molar-refractivity contribution < 1.29 is 0 Å². The maximum atomic E-state index is 3.49. The highest BCUT2D eigenvalue weighted by Gasteiger charge is 2.32. The average molecular weight is 497 g/mol. The summed E-state index contributed by atoms with van der Waals surface area (Å²) in [7, 11) is 3.49. The summed E-state index contributed by atoms with van der Waals surface area (Å²) < 4.78 is 0. The first-order chi connectivity index (χ1) is 16.6. The quantitative estimate of drug-likeness (QED) is 0.0746. The second kappa shape index (κ2) is 26.5. The van der Waals surface area contributed by atoms with Crippen LogP contribution in [0.2, 0.25) is 0 Å². The first-order valence-corrected chi connectivity index (χ1v) is 17.0. The fourth-order valence-electron chi connectivity index (χ4n) is 5.89. The van der Waals surface area contributed by atoms with Gasteiger partial charge in [0.15, 0.2) is 0 Å². The zero-order valence-corrected chi connectivity index (χ0v) is 25.9. The molecule has 0 spiro atoms. The van der Waals surface area contributed by atoms with E-state index < -0.39 is 0 Å². The Morgan fingerprint density at radius 3 is 1.00 bits per heavy atom. The third-order valence-electron chi connectivity index (χ3n) is 8.37. The van der Waals surface area contributed by atoms with Gasteiger partial charge in [0.1, 0.15) is 0 Å². The maximum Gasteiger partial charge on any atom is -0.0122 e. The Kier molecular flexibility index (Phi) is 26.8. The van der Waals surface area contributed by atoms with Gasteiger partial charge in [-0.15, -0.1) is 9.24 Å². The molecule has 0 aromatic heterocycles. The van der Waals surface area contributed by atoms with Crippen LogP contribution >= 0.6 is 9.24 Å². The third-order valence-corrected chi connectivity index (χ3v) is 9.42. The fourth-order valence-corrected chi connectivity index (χ4v) is 6.63. The summed E-state index contributed by atoms with van der Waals surface area (Å²) >= 11 is 0. The summed E-state index contributed by atoms with van der Waals surface area (Å²) in [6.07, 6.45) is 39.1. The Hall–Kier alpha value is 0.430. The summed E-state index contributed by atoms with van der Waals surface area (Å²) in [6, 6.07) is 0. The highest BCUT2D eigenvalue weighted by molar-refractivity contribution is 7.19. The largest absolute Gasteiger partial charge is 0.131 e. The molecule has 0 saturated heterocycles. The molecule has 0 fully saturated rings. The van der Waals surface area contributed by atoms with E-state index in [1.54, 1.807) is 0 Å². The summed E-state index contributed by atoms with van der Waals surface area (Å²) in [5, 5.41) is 0.520. The molecule has 2 atom stereocenters. The number of hydrogen-bond acceptors (Lipinski definition) is 0. The molecule has 0 amide bonds. The standard InChI is InChI=1S/C33H69P/c1-5-9-13-17-18-19-20-21-22-23-25-29-32(28-24-14-10-6-2)33(34,30-26-15-11-7-3)31-27-16-12-8-4/h32H,5-31,34H2,1-4H3.